The lowest BCUT2D eigenvalue weighted by atomic mass is 10.3. The lowest BCUT2D eigenvalue weighted by Gasteiger charge is -2.18. The van der Waals surface area contributed by atoms with Gasteiger partial charge >= 0.3 is 11.9 Å². The van der Waals surface area contributed by atoms with E-state index in [0.29, 0.717) is 0 Å². The molecule has 0 saturated carbocycles. The number of hydrogen-bond donors (Lipinski definition) is 2. The van der Waals surface area contributed by atoms with Crippen LogP contribution in [0.1, 0.15) is 0 Å². The number of ether oxygens (including phenoxy) is 1. The number of likely N-dealkylation sites (N-methyl/N-ethyl adjacent to an activating group) is 1. The molecular formula is C7H13NO5. The predicted molar refractivity (Wildman–Crippen MR) is 43.2 cm³/mol. The molecule has 6 nitrogen and oxygen atoms in total. The molecule has 1 atom stereocenters. The summed E-state index contributed by atoms with van der Waals surface area (Å²) in [5, 5.41) is 17.4. The Morgan fingerprint density at radius 2 is 2.08 bits per heavy atom. The zero-order valence-electron chi connectivity index (χ0n) is 7.56. The van der Waals surface area contributed by atoms with Gasteiger partial charge in [0.15, 0.2) is 0 Å². The van der Waals surface area contributed by atoms with Crippen molar-refractivity contribution in [2.45, 2.75) is 6.10 Å². The van der Waals surface area contributed by atoms with Crippen LogP contribution in [0.25, 0.3) is 0 Å². The van der Waals surface area contributed by atoms with Gasteiger partial charge in [-0.15, -0.1) is 0 Å². The van der Waals surface area contributed by atoms with Crippen LogP contribution >= 0.6 is 0 Å². The molecule has 0 rings (SSSR count). The normalized spacial score (nSPS) is 12.2. The van der Waals surface area contributed by atoms with Gasteiger partial charge in [0, 0.05) is 20.7 Å². The first-order valence-electron chi connectivity index (χ1n) is 3.64. The fourth-order valence-electron chi connectivity index (χ4n) is 0.807. The Labute approximate surface area is 75.7 Å². The average molecular weight is 191 g/mol. The number of carbonyl (C=O) groups is 2. The first-order valence-corrected chi connectivity index (χ1v) is 3.64. The van der Waals surface area contributed by atoms with E-state index in [0.717, 1.165) is 4.90 Å². The van der Waals surface area contributed by atoms with E-state index in [9.17, 15) is 9.59 Å². The van der Waals surface area contributed by atoms with Crippen LogP contribution in [-0.2, 0) is 14.3 Å². The van der Waals surface area contributed by atoms with Crippen molar-refractivity contribution >= 4 is 11.9 Å². The molecule has 2 N–H and O–H groups in total. The number of aliphatic hydroxyl groups is 1. The van der Waals surface area contributed by atoms with Crippen molar-refractivity contribution in [2.75, 3.05) is 27.3 Å². The zero-order valence-corrected chi connectivity index (χ0v) is 7.56. The lowest BCUT2D eigenvalue weighted by Crippen LogP contribution is -2.39. The lowest BCUT2D eigenvalue weighted by molar-refractivity contribution is -0.155. The maximum Gasteiger partial charge on any atom is 0.394 e. The molecule has 0 saturated heterocycles. The van der Waals surface area contributed by atoms with Crippen molar-refractivity contribution in [3.63, 3.8) is 0 Å². The Morgan fingerprint density at radius 3 is 2.46 bits per heavy atom. The molecule has 0 fully saturated rings. The largest absolute Gasteiger partial charge is 0.474 e. The molecule has 0 aromatic rings. The number of hydrogen-bond acceptors (Lipinski definition) is 4. The van der Waals surface area contributed by atoms with Gasteiger partial charge in [0.1, 0.15) is 0 Å². The SMILES string of the molecule is COCC(O)CN(C)C(=O)C(=O)O. The van der Waals surface area contributed by atoms with E-state index >= 15 is 0 Å². The van der Waals surface area contributed by atoms with E-state index in [1.54, 1.807) is 0 Å². The maximum atomic E-state index is 10.8. The summed E-state index contributed by atoms with van der Waals surface area (Å²) in [5.74, 6) is -2.58. The Balaban J connectivity index is 3.92. The number of aliphatic carboxylic acids is 1. The molecule has 0 aromatic carbocycles. The molecule has 1 amide bonds. The molecule has 0 aromatic heterocycles. The minimum absolute atomic E-state index is 0.0566. The third-order valence-corrected chi connectivity index (χ3v) is 1.37. The summed E-state index contributed by atoms with van der Waals surface area (Å²) >= 11 is 0. The van der Waals surface area contributed by atoms with E-state index in [1.165, 1.54) is 14.2 Å². The van der Waals surface area contributed by atoms with Gasteiger partial charge in [0.25, 0.3) is 0 Å². The highest BCUT2D eigenvalue weighted by atomic mass is 16.5. The van der Waals surface area contributed by atoms with Crippen molar-refractivity contribution in [1.29, 1.82) is 0 Å². The summed E-state index contributed by atoms with van der Waals surface area (Å²) < 4.78 is 4.61. The molecule has 0 heterocycles. The summed E-state index contributed by atoms with van der Waals surface area (Å²) in [6, 6.07) is 0. The highest BCUT2D eigenvalue weighted by Crippen LogP contribution is 1.91. The third-order valence-electron chi connectivity index (χ3n) is 1.37. The summed E-state index contributed by atoms with van der Waals surface area (Å²) in [5.41, 5.74) is 0. The predicted octanol–water partition coefficient (Wildman–Crippen LogP) is -1.46. The van der Waals surface area contributed by atoms with Gasteiger partial charge in [-0.25, -0.2) is 4.79 Å². The number of aliphatic hydroxyl groups excluding tert-OH is 1. The second-order valence-electron chi connectivity index (χ2n) is 2.60. The Kier molecular flexibility index (Phi) is 5.01. The molecule has 0 aliphatic heterocycles. The van der Waals surface area contributed by atoms with Crippen molar-refractivity contribution in [1.82, 2.24) is 4.90 Å². The highest BCUT2D eigenvalue weighted by Gasteiger charge is 2.19. The summed E-state index contributed by atoms with van der Waals surface area (Å²) in [4.78, 5) is 21.9. The standard InChI is InChI=1S/C7H13NO5/c1-8(6(10)7(11)12)3-5(9)4-13-2/h5,9H,3-4H2,1-2H3,(H,11,12). The number of carboxylic acids is 1. The van der Waals surface area contributed by atoms with E-state index < -0.39 is 18.0 Å². The Bertz CT molecular complexity index is 193. The molecule has 0 aliphatic carbocycles. The van der Waals surface area contributed by atoms with Crippen LogP contribution in [0, 0.1) is 0 Å². The summed E-state index contributed by atoms with van der Waals surface area (Å²) in [6.07, 6.45) is -0.863. The van der Waals surface area contributed by atoms with Gasteiger partial charge in [-0.1, -0.05) is 0 Å². The Morgan fingerprint density at radius 1 is 1.54 bits per heavy atom. The van der Waals surface area contributed by atoms with Crippen LogP contribution in [0.15, 0.2) is 0 Å². The van der Waals surface area contributed by atoms with Gasteiger partial charge in [0.05, 0.1) is 12.7 Å². The smallest absolute Gasteiger partial charge is 0.394 e. The minimum atomic E-state index is -1.54. The minimum Gasteiger partial charge on any atom is -0.474 e. The second-order valence-corrected chi connectivity index (χ2v) is 2.60. The fourth-order valence-corrected chi connectivity index (χ4v) is 0.807. The molecule has 6 heteroatoms. The maximum absolute atomic E-state index is 10.8. The molecule has 1 unspecified atom stereocenters. The number of carboxylic acid groups (broad SMARTS) is 1. The van der Waals surface area contributed by atoms with Gasteiger partial charge in [-0.3, -0.25) is 4.79 Å². The first-order chi connectivity index (χ1) is 5.99. The van der Waals surface area contributed by atoms with Crippen LogP contribution in [0.4, 0.5) is 0 Å². The molecule has 0 bridgehead atoms. The number of nitrogens with zero attached hydrogens (tertiary/aromatic N) is 1. The van der Waals surface area contributed by atoms with Crippen molar-refractivity contribution in [2.24, 2.45) is 0 Å². The number of rotatable bonds is 4. The number of amides is 1. The van der Waals surface area contributed by atoms with E-state index in [-0.39, 0.29) is 13.2 Å². The average Bonchev–Trinajstić information content (AvgIpc) is 2.03. The topological polar surface area (TPSA) is 87.1 Å². The molecule has 0 radical (unpaired) electrons. The fraction of sp³-hybridized carbons (Fsp3) is 0.714. The summed E-state index contributed by atoms with van der Waals surface area (Å²) in [6.45, 7) is 0.0101. The van der Waals surface area contributed by atoms with Crippen LogP contribution < -0.4 is 0 Å². The number of methoxy groups -OCH3 is 1. The van der Waals surface area contributed by atoms with Crippen molar-refractivity contribution < 1.29 is 24.5 Å². The van der Waals surface area contributed by atoms with Gasteiger partial charge in [-0.2, -0.15) is 0 Å². The molecule has 13 heavy (non-hydrogen) atoms. The van der Waals surface area contributed by atoms with Gasteiger partial charge in [-0.05, 0) is 0 Å². The first kappa shape index (κ1) is 11.9. The van der Waals surface area contributed by atoms with Crippen LogP contribution in [0.3, 0.4) is 0 Å². The Hall–Kier alpha value is -1.14. The summed E-state index contributed by atoms with van der Waals surface area (Å²) in [7, 11) is 2.71. The zero-order chi connectivity index (χ0) is 10.4. The monoisotopic (exact) mass is 191 g/mol. The molecule has 0 aliphatic rings. The molecule has 76 valence electrons. The molecule has 0 spiro atoms. The second kappa shape index (κ2) is 5.50. The van der Waals surface area contributed by atoms with Crippen LogP contribution in [0.5, 0.6) is 0 Å². The van der Waals surface area contributed by atoms with Crippen molar-refractivity contribution in [3.05, 3.63) is 0 Å². The van der Waals surface area contributed by atoms with E-state index in [4.69, 9.17) is 10.2 Å². The van der Waals surface area contributed by atoms with Gasteiger partial charge in [0.2, 0.25) is 0 Å². The third kappa shape index (κ3) is 4.44. The highest BCUT2D eigenvalue weighted by molar-refractivity contribution is 6.31. The molecular weight excluding hydrogens is 178 g/mol. The number of carbonyl (C=O) groups excluding carboxylic acids is 1. The van der Waals surface area contributed by atoms with Crippen LogP contribution in [0.2, 0.25) is 0 Å². The van der Waals surface area contributed by atoms with E-state index in [2.05, 4.69) is 4.74 Å². The van der Waals surface area contributed by atoms with Crippen LogP contribution in [-0.4, -0.2) is 60.4 Å². The quantitative estimate of drug-likeness (QED) is 0.530. The van der Waals surface area contributed by atoms with E-state index in [1.807, 2.05) is 0 Å². The van der Waals surface area contributed by atoms with Gasteiger partial charge < -0.3 is 19.8 Å². The van der Waals surface area contributed by atoms with Crippen molar-refractivity contribution in [3.8, 4) is 0 Å².